The molecule has 18 heavy (non-hydrogen) atoms. The van der Waals surface area contributed by atoms with Crippen LogP contribution in [-0.2, 0) is 13.0 Å². The van der Waals surface area contributed by atoms with Crippen molar-refractivity contribution in [3.8, 4) is 0 Å². The van der Waals surface area contributed by atoms with Crippen LogP contribution in [0, 0.1) is 6.92 Å². The molecular formula is C16H23NS. The first-order valence-corrected chi connectivity index (χ1v) is 7.67. The SMILES string of the molecule is CCCc1c(CNC(C)C)sc2ccc(C)cc12. The van der Waals surface area contributed by atoms with Gasteiger partial charge < -0.3 is 5.32 Å². The molecule has 0 atom stereocenters. The minimum absolute atomic E-state index is 0.548. The molecule has 98 valence electrons. The van der Waals surface area contributed by atoms with Gasteiger partial charge >= 0.3 is 0 Å². The molecule has 0 spiro atoms. The Bertz CT molecular complexity index is 525. The second-order valence-corrected chi connectivity index (χ2v) is 6.43. The van der Waals surface area contributed by atoms with Gasteiger partial charge in [0.15, 0.2) is 0 Å². The van der Waals surface area contributed by atoms with E-state index in [9.17, 15) is 0 Å². The first-order valence-electron chi connectivity index (χ1n) is 6.86. The Hall–Kier alpha value is -0.860. The summed E-state index contributed by atoms with van der Waals surface area (Å²) in [5, 5.41) is 5.02. The zero-order valence-electron chi connectivity index (χ0n) is 11.8. The van der Waals surface area contributed by atoms with Crippen molar-refractivity contribution in [1.82, 2.24) is 5.32 Å². The monoisotopic (exact) mass is 261 g/mol. The number of nitrogens with one attached hydrogen (secondary N) is 1. The van der Waals surface area contributed by atoms with Crippen molar-refractivity contribution in [2.75, 3.05) is 0 Å². The fourth-order valence-corrected chi connectivity index (χ4v) is 3.46. The number of thiophene rings is 1. The summed E-state index contributed by atoms with van der Waals surface area (Å²) in [6.45, 7) is 9.86. The Kier molecular flexibility index (Phi) is 4.41. The second kappa shape index (κ2) is 5.85. The zero-order chi connectivity index (χ0) is 13.1. The molecule has 1 aromatic carbocycles. The van der Waals surface area contributed by atoms with Gasteiger partial charge in [0, 0.05) is 22.2 Å². The molecule has 0 radical (unpaired) electrons. The summed E-state index contributed by atoms with van der Waals surface area (Å²) < 4.78 is 1.43. The minimum Gasteiger partial charge on any atom is -0.310 e. The lowest BCUT2D eigenvalue weighted by atomic mass is 10.0. The molecule has 1 nitrogen and oxygen atoms in total. The number of aryl methyl sites for hydroxylation is 2. The van der Waals surface area contributed by atoms with Crippen molar-refractivity contribution < 1.29 is 0 Å². The summed E-state index contributed by atoms with van der Waals surface area (Å²) in [5.41, 5.74) is 2.93. The third kappa shape index (κ3) is 2.93. The van der Waals surface area contributed by atoms with E-state index in [1.165, 1.54) is 33.4 Å². The molecule has 0 aliphatic rings. The lowest BCUT2D eigenvalue weighted by molar-refractivity contribution is 0.591. The smallest absolute Gasteiger partial charge is 0.0349 e. The molecule has 2 heteroatoms. The Labute approximate surface area is 114 Å². The summed E-state index contributed by atoms with van der Waals surface area (Å²) in [6, 6.07) is 7.38. The number of rotatable bonds is 5. The molecule has 1 N–H and O–H groups in total. The molecule has 1 heterocycles. The van der Waals surface area contributed by atoms with Crippen molar-refractivity contribution in [1.29, 1.82) is 0 Å². The average molecular weight is 261 g/mol. The maximum atomic E-state index is 3.55. The highest BCUT2D eigenvalue weighted by Crippen LogP contribution is 2.33. The molecule has 2 rings (SSSR count). The topological polar surface area (TPSA) is 12.0 Å². The molecule has 0 bridgehead atoms. The van der Waals surface area contributed by atoms with Gasteiger partial charge in [0.05, 0.1) is 0 Å². The van der Waals surface area contributed by atoms with Crippen LogP contribution in [0.4, 0.5) is 0 Å². The van der Waals surface area contributed by atoms with Crippen LogP contribution in [0.2, 0.25) is 0 Å². The third-order valence-corrected chi connectivity index (χ3v) is 4.41. The molecule has 0 aliphatic heterocycles. The Morgan fingerprint density at radius 2 is 2.06 bits per heavy atom. The predicted molar refractivity (Wildman–Crippen MR) is 82.5 cm³/mol. The Balaban J connectivity index is 2.41. The van der Waals surface area contributed by atoms with Gasteiger partial charge in [-0.15, -0.1) is 11.3 Å². The second-order valence-electron chi connectivity index (χ2n) is 5.29. The van der Waals surface area contributed by atoms with E-state index in [4.69, 9.17) is 0 Å². The standard InChI is InChI=1S/C16H23NS/c1-5-6-13-14-9-12(4)7-8-15(14)18-16(13)10-17-11(2)3/h7-9,11,17H,5-6,10H2,1-4H3. The van der Waals surface area contributed by atoms with Gasteiger partial charge in [0.1, 0.15) is 0 Å². The number of benzene rings is 1. The van der Waals surface area contributed by atoms with E-state index in [-0.39, 0.29) is 0 Å². The predicted octanol–water partition coefficient (Wildman–Crippen LogP) is 4.66. The van der Waals surface area contributed by atoms with E-state index >= 15 is 0 Å². The lowest BCUT2D eigenvalue weighted by Crippen LogP contribution is -2.21. The van der Waals surface area contributed by atoms with Crippen molar-refractivity contribution >= 4 is 21.4 Å². The molecular weight excluding hydrogens is 238 g/mol. The van der Waals surface area contributed by atoms with Crippen molar-refractivity contribution in [2.45, 2.75) is 53.1 Å². The quantitative estimate of drug-likeness (QED) is 0.825. The Morgan fingerprint density at radius 1 is 1.28 bits per heavy atom. The Morgan fingerprint density at radius 3 is 2.72 bits per heavy atom. The molecule has 0 aliphatic carbocycles. The van der Waals surface area contributed by atoms with E-state index in [1.54, 1.807) is 5.56 Å². The fourth-order valence-electron chi connectivity index (χ4n) is 2.28. The van der Waals surface area contributed by atoms with Gasteiger partial charge in [-0.05, 0) is 30.4 Å². The highest BCUT2D eigenvalue weighted by Gasteiger charge is 2.11. The molecule has 1 aromatic heterocycles. The van der Waals surface area contributed by atoms with Crippen molar-refractivity contribution in [3.63, 3.8) is 0 Å². The van der Waals surface area contributed by atoms with Gasteiger partial charge in [-0.3, -0.25) is 0 Å². The first kappa shape index (κ1) is 13.6. The molecule has 2 aromatic rings. The first-order chi connectivity index (χ1) is 8.61. The van der Waals surface area contributed by atoms with Crippen LogP contribution < -0.4 is 5.32 Å². The van der Waals surface area contributed by atoms with Crippen LogP contribution in [-0.4, -0.2) is 6.04 Å². The van der Waals surface area contributed by atoms with Crippen LogP contribution in [0.1, 0.15) is 43.2 Å². The van der Waals surface area contributed by atoms with Gasteiger partial charge in [-0.1, -0.05) is 44.9 Å². The third-order valence-electron chi connectivity index (χ3n) is 3.20. The number of hydrogen-bond acceptors (Lipinski definition) is 2. The molecule has 0 unspecified atom stereocenters. The summed E-state index contributed by atoms with van der Waals surface area (Å²) in [4.78, 5) is 1.52. The summed E-state index contributed by atoms with van der Waals surface area (Å²) in [6.07, 6.45) is 2.41. The van der Waals surface area contributed by atoms with Gasteiger partial charge in [0.2, 0.25) is 0 Å². The van der Waals surface area contributed by atoms with Crippen LogP contribution in [0.3, 0.4) is 0 Å². The van der Waals surface area contributed by atoms with E-state index < -0.39 is 0 Å². The number of fused-ring (bicyclic) bond motifs is 1. The van der Waals surface area contributed by atoms with E-state index in [0.29, 0.717) is 6.04 Å². The summed E-state index contributed by atoms with van der Waals surface area (Å²) in [7, 11) is 0. The van der Waals surface area contributed by atoms with E-state index in [1.807, 2.05) is 11.3 Å². The van der Waals surface area contributed by atoms with Crippen molar-refractivity contribution in [3.05, 3.63) is 34.2 Å². The highest BCUT2D eigenvalue weighted by molar-refractivity contribution is 7.19. The van der Waals surface area contributed by atoms with Crippen LogP contribution >= 0.6 is 11.3 Å². The summed E-state index contributed by atoms with van der Waals surface area (Å²) in [5.74, 6) is 0. The summed E-state index contributed by atoms with van der Waals surface area (Å²) >= 11 is 1.95. The average Bonchev–Trinajstić information content (AvgIpc) is 2.65. The fraction of sp³-hybridized carbons (Fsp3) is 0.500. The highest BCUT2D eigenvalue weighted by atomic mass is 32.1. The number of hydrogen-bond donors (Lipinski definition) is 1. The minimum atomic E-state index is 0.548. The van der Waals surface area contributed by atoms with Crippen LogP contribution in [0.15, 0.2) is 18.2 Å². The molecule has 0 amide bonds. The largest absolute Gasteiger partial charge is 0.310 e. The maximum absolute atomic E-state index is 3.55. The van der Waals surface area contributed by atoms with E-state index in [0.717, 1.165) is 6.54 Å². The normalized spacial score (nSPS) is 11.6. The molecule has 0 saturated heterocycles. The maximum Gasteiger partial charge on any atom is 0.0349 e. The van der Waals surface area contributed by atoms with E-state index in [2.05, 4.69) is 51.2 Å². The zero-order valence-corrected chi connectivity index (χ0v) is 12.7. The molecule has 0 fully saturated rings. The molecule has 0 saturated carbocycles. The van der Waals surface area contributed by atoms with Gasteiger partial charge in [0.25, 0.3) is 0 Å². The van der Waals surface area contributed by atoms with Gasteiger partial charge in [-0.2, -0.15) is 0 Å². The van der Waals surface area contributed by atoms with Crippen LogP contribution in [0.25, 0.3) is 10.1 Å². The van der Waals surface area contributed by atoms with Gasteiger partial charge in [-0.25, -0.2) is 0 Å². The van der Waals surface area contributed by atoms with Crippen molar-refractivity contribution in [2.24, 2.45) is 0 Å². The lowest BCUT2D eigenvalue weighted by Gasteiger charge is -2.08. The van der Waals surface area contributed by atoms with Crippen LogP contribution in [0.5, 0.6) is 0 Å².